The zero-order valence-electron chi connectivity index (χ0n) is 11.6. The monoisotopic (exact) mass is 285 g/mol. The molecular formula is C15H15N3O3. The van der Waals surface area contributed by atoms with Crippen LogP contribution < -0.4 is 5.32 Å². The zero-order chi connectivity index (χ0) is 14.8. The van der Waals surface area contributed by atoms with Crippen molar-refractivity contribution in [3.05, 3.63) is 47.3 Å². The molecule has 2 aromatic rings. The molecule has 3 rings (SSSR count). The highest BCUT2D eigenvalue weighted by Gasteiger charge is 2.28. The minimum Gasteiger partial charge on any atom is -0.429 e. The van der Waals surface area contributed by atoms with E-state index in [0.717, 1.165) is 5.56 Å². The minimum absolute atomic E-state index is 0.0165. The number of fused-ring (bicyclic) bond motifs is 1. The fourth-order valence-electron chi connectivity index (χ4n) is 2.30. The fraction of sp³-hybridized carbons (Fsp3) is 0.267. The Morgan fingerprint density at radius 1 is 1.43 bits per heavy atom. The summed E-state index contributed by atoms with van der Waals surface area (Å²) in [5, 5.41) is 2.56. The summed E-state index contributed by atoms with van der Waals surface area (Å²) in [6.07, 6.45) is 2.29. The van der Waals surface area contributed by atoms with E-state index in [4.69, 9.17) is 4.42 Å². The van der Waals surface area contributed by atoms with Crippen molar-refractivity contribution in [2.75, 3.05) is 11.9 Å². The minimum atomic E-state index is -0.319. The van der Waals surface area contributed by atoms with Gasteiger partial charge in [-0.1, -0.05) is 25.1 Å². The second kappa shape index (κ2) is 5.40. The van der Waals surface area contributed by atoms with E-state index in [1.54, 1.807) is 12.3 Å². The Hall–Kier alpha value is -2.63. The lowest BCUT2D eigenvalue weighted by Gasteiger charge is -2.14. The Kier molecular flexibility index (Phi) is 3.43. The van der Waals surface area contributed by atoms with Gasteiger partial charge in [0.15, 0.2) is 0 Å². The van der Waals surface area contributed by atoms with Gasteiger partial charge in [-0.25, -0.2) is 4.98 Å². The van der Waals surface area contributed by atoms with E-state index >= 15 is 0 Å². The molecule has 1 aliphatic rings. The highest BCUT2D eigenvalue weighted by atomic mass is 16.4. The fourth-order valence-corrected chi connectivity index (χ4v) is 2.30. The van der Waals surface area contributed by atoms with Gasteiger partial charge in [0.05, 0.1) is 6.20 Å². The maximum Gasteiger partial charge on any atom is 0.301 e. The maximum atomic E-state index is 12.1. The van der Waals surface area contributed by atoms with Gasteiger partial charge in [-0.05, 0) is 11.6 Å². The van der Waals surface area contributed by atoms with Crippen molar-refractivity contribution in [3.63, 3.8) is 0 Å². The molecular weight excluding hydrogens is 270 g/mol. The summed E-state index contributed by atoms with van der Waals surface area (Å²) in [5.41, 5.74) is 1.61. The van der Waals surface area contributed by atoms with Crippen LogP contribution in [0.15, 0.2) is 34.9 Å². The van der Waals surface area contributed by atoms with Crippen molar-refractivity contribution in [3.8, 4) is 0 Å². The number of carbonyl (C=O) groups is 2. The molecule has 2 amide bonds. The lowest BCUT2D eigenvalue weighted by Crippen LogP contribution is -2.33. The maximum absolute atomic E-state index is 12.1. The lowest BCUT2D eigenvalue weighted by molar-refractivity contribution is -0.117. The molecule has 1 aromatic carbocycles. The van der Waals surface area contributed by atoms with Crippen LogP contribution in [0.1, 0.15) is 28.6 Å². The van der Waals surface area contributed by atoms with Crippen molar-refractivity contribution in [1.29, 1.82) is 0 Å². The van der Waals surface area contributed by atoms with Gasteiger partial charge in [-0.15, -0.1) is 0 Å². The van der Waals surface area contributed by atoms with Gasteiger partial charge in [-0.3, -0.25) is 14.9 Å². The molecule has 0 saturated carbocycles. The van der Waals surface area contributed by atoms with Crippen LogP contribution in [0.3, 0.4) is 0 Å². The Labute approximate surface area is 121 Å². The van der Waals surface area contributed by atoms with Crippen molar-refractivity contribution in [1.82, 2.24) is 9.88 Å². The number of aryl methyl sites for hydroxylation is 1. The van der Waals surface area contributed by atoms with Gasteiger partial charge < -0.3 is 9.32 Å². The molecule has 6 heteroatoms. The SMILES string of the molecule is CCc1cnc(NC(=O)CN2Cc3ccccc3C2=O)o1. The number of nitrogens with zero attached hydrogens (tertiary/aromatic N) is 2. The number of rotatable bonds is 4. The first kappa shape index (κ1) is 13.4. The Balaban J connectivity index is 1.63. The van der Waals surface area contributed by atoms with Gasteiger partial charge >= 0.3 is 6.01 Å². The molecule has 108 valence electrons. The number of benzene rings is 1. The number of hydrogen-bond donors (Lipinski definition) is 1. The summed E-state index contributed by atoms with van der Waals surface area (Å²) in [5.74, 6) is 0.262. The van der Waals surface area contributed by atoms with Gasteiger partial charge in [0.25, 0.3) is 5.91 Å². The molecule has 6 nitrogen and oxygen atoms in total. The Morgan fingerprint density at radius 3 is 2.95 bits per heavy atom. The predicted octanol–water partition coefficient (Wildman–Crippen LogP) is 1.83. The number of oxazole rings is 1. The van der Waals surface area contributed by atoms with Gasteiger partial charge in [0.2, 0.25) is 5.91 Å². The van der Waals surface area contributed by atoms with E-state index in [-0.39, 0.29) is 24.4 Å². The van der Waals surface area contributed by atoms with Gasteiger partial charge in [-0.2, -0.15) is 0 Å². The van der Waals surface area contributed by atoms with Crippen molar-refractivity contribution >= 4 is 17.8 Å². The number of carbonyl (C=O) groups excluding carboxylic acids is 2. The average Bonchev–Trinajstić information content (AvgIpc) is 3.05. The van der Waals surface area contributed by atoms with E-state index in [2.05, 4.69) is 10.3 Å². The van der Waals surface area contributed by atoms with E-state index in [0.29, 0.717) is 24.3 Å². The van der Waals surface area contributed by atoms with E-state index < -0.39 is 0 Å². The molecule has 0 saturated heterocycles. The first-order chi connectivity index (χ1) is 10.2. The standard InChI is InChI=1S/C15H15N3O3/c1-2-11-7-16-15(21-11)17-13(19)9-18-8-10-5-3-4-6-12(10)14(18)20/h3-7H,2,8-9H2,1H3,(H,16,17,19). The third-order valence-corrected chi connectivity index (χ3v) is 3.38. The van der Waals surface area contributed by atoms with Crippen LogP contribution in [-0.4, -0.2) is 28.2 Å². The molecule has 2 heterocycles. The highest BCUT2D eigenvalue weighted by molar-refractivity contribution is 6.01. The van der Waals surface area contributed by atoms with Crippen molar-refractivity contribution < 1.29 is 14.0 Å². The normalized spacial score (nSPS) is 13.4. The van der Waals surface area contributed by atoms with E-state index in [1.807, 2.05) is 25.1 Å². The van der Waals surface area contributed by atoms with Crippen LogP contribution >= 0.6 is 0 Å². The summed E-state index contributed by atoms with van der Waals surface area (Å²) in [6, 6.07) is 7.54. The van der Waals surface area contributed by atoms with Gasteiger partial charge in [0.1, 0.15) is 12.3 Å². The van der Waals surface area contributed by atoms with Crippen LogP contribution in [0.2, 0.25) is 0 Å². The molecule has 1 N–H and O–H groups in total. The Morgan fingerprint density at radius 2 is 2.24 bits per heavy atom. The summed E-state index contributed by atoms with van der Waals surface area (Å²) in [4.78, 5) is 29.6. The van der Waals surface area contributed by atoms with Crippen LogP contribution in [0.25, 0.3) is 0 Å². The van der Waals surface area contributed by atoms with Crippen LogP contribution in [0, 0.1) is 0 Å². The number of anilines is 1. The van der Waals surface area contributed by atoms with Crippen LogP contribution in [-0.2, 0) is 17.8 Å². The summed E-state index contributed by atoms with van der Waals surface area (Å²) in [7, 11) is 0. The second-order valence-corrected chi connectivity index (χ2v) is 4.85. The molecule has 0 radical (unpaired) electrons. The number of nitrogens with one attached hydrogen (secondary N) is 1. The number of hydrogen-bond acceptors (Lipinski definition) is 4. The Bertz CT molecular complexity index is 693. The molecule has 1 aliphatic heterocycles. The second-order valence-electron chi connectivity index (χ2n) is 4.85. The first-order valence-corrected chi connectivity index (χ1v) is 6.79. The molecule has 21 heavy (non-hydrogen) atoms. The average molecular weight is 285 g/mol. The summed E-state index contributed by atoms with van der Waals surface area (Å²) < 4.78 is 5.31. The molecule has 0 spiro atoms. The quantitative estimate of drug-likeness (QED) is 0.930. The third-order valence-electron chi connectivity index (χ3n) is 3.38. The highest BCUT2D eigenvalue weighted by Crippen LogP contribution is 2.22. The first-order valence-electron chi connectivity index (χ1n) is 6.79. The third kappa shape index (κ3) is 2.65. The number of amides is 2. The van der Waals surface area contributed by atoms with Gasteiger partial charge in [0, 0.05) is 18.5 Å². The van der Waals surface area contributed by atoms with Crippen molar-refractivity contribution in [2.45, 2.75) is 19.9 Å². The zero-order valence-corrected chi connectivity index (χ0v) is 11.6. The smallest absolute Gasteiger partial charge is 0.301 e. The molecule has 0 aliphatic carbocycles. The van der Waals surface area contributed by atoms with Crippen LogP contribution in [0.4, 0.5) is 6.01 Å². The molecule has 0 bridgehead atoms. The lowest BCUT2D eigenvalue weighted by atomic mass is 10.1. The topological polar surface area (TPSA) is 75.4 Å². The predicted molar refractivity (Wildman–Crippen MR) is 75.7 cm³/mol. The van der Waals surface area contributed by atoms with E-state index in [9.17, 15) is 9.59 Å². The van der Waals surface area contributed by atoms with E-state index in [1.165, 1.54) is 4.90 Å². The molecule has 0 atom stereocenters. The molecule has 0 unspecified atom stereocenters. The largest absolute Gasteiger partial charge is 0.429 e. The summed E-state index contributed by atoms with van der Waals surface area (Å²) in [6.45, 7) is 2.37. The van der Waals surface area contributed by atoms with Crippen molar-refractivity contribution in [2.24, 2.45) is 0 Å². The van der Waals surface area contributed by atoms with Crippen LogP contribution in [0.5, 0.6) is 0 Å². The summed E-state index contributed by atoms with van der Waals surface area (Å²) >= 11 is 0. The molecule has 0 fully saturated rings. The molecule has 1 aromatic heterocycles. The number of aromatic nitrogens is 1.